The van der Waals surface area contributed by atoms with Gasteiger partial charge in [0.15, 0.2) is 6.19 Å². The highest BCUT2D eigenvalue weighted by molar-refractivity contribution is 5.94. The second-order valence-electron chi connectivity index (χ2n) is 6.58. The minimum Gasteiger partial charge on any atom is -0.487 e. The molecular weight excluding hydrogens is 314 g/mol. The normalized spacial score (nSPS) is 18.4. The summed E-state index contributed by atoms with van der Waals surface area (Å²) in [7, 11) is 0. The predicted molar refractivity (Wildman–Crippen MR) is 99.2 cm³/mol. The van der Waals surface area contributed by atoms with Crippen molar-refractivity contribution in [1.29, 1.82) is 5.26 Å². The number of hydrogen-bond donors (Lipinski definition) is 3. The molecule has 2 aromatic carbocycles. The molecule has 1 aliphatic rings. The highest BCUT2D eigenvalue weighted by Crippen LogP contribution is 2.42. The summed E-state index contributed by atoms with van der Waals surface area (Å²) in [6, 6.07) is 15.0. The number of benzene rings is 2. The van der Waals surface area contributed by atoms with Crippen LogP contribution >= 0.6 is 0 Å². The topological polar surface area (TPSA) is 95.5 Å². The van der Waals surface area contributed by atoms with Crippen LogP contribution in [0.5, 0.6) is 5.75 Å². The van der Waals surface area contributed by atoms with Crippen LogP contribution < -0.4 is 21.1 Å². The third-order valence-electron chi connectivity index (χ3n) is 3.96. The Labute approximate surface area is 147 Å². The fourth-order valence-electron chi connectivity index (χ4n) is 2.91. The Bertz CT molecular complexity index is 823. The van der Waals surface area contributed by atoms with Crippen LogP contribution in [-0.2, 0) is 0 Å². The molecule has 2 aromatic rings. The fraction of sp³-hybridized carbons (Fsp3) is 0.263. The van der Waals surface area contributed by atoms with Crippen LogP contribution in [0.4, 0.5) is 11.4 Å². The van der Waals surface area contributed by atoms with Crippen molar-refractivity contribution < 1.29 is 4.74 Å². The van der Waals surface area contributed by atoms with Gasteiger partial charge >= 0.3 is 0 Å². The summed E-state index contributed by atoms with van der Waals surface area (Å²) in [4.78, 5) is 4.74. The summed E-state index contributed by atoms with van der Waals surface area (Å²) in [6.45, 7) is 4.05. The van der Waals surface area contributed by atoms with Gasteiger partial charge in [-0.25, -0.2) is 4.99 Å². The van der Waals surface area contributed by atoms with E-state index in [1.165, 1.54) is 0 Å². The standard InChI is InChI=1S/C19H21N5O/c1-19(2)11-16(15-10-13(21)8-9-17(15)25-19)24-18(22-12-20)23-14-6-4-3-5-7-14/h3-10,16H,11,21H2,1-2H3,(H2,22,23,24)/t16-/m1/s1. The molecule has 0 aromatic heterocycles. The van der Waals surface area contributed by atoms with E-state index in [1.54, 1.807) is 0 Å². The number of nitrogens with zero attached hydrogens (tertiary/aromatic N) is 2. The number of fused-ring (bicyclic) bond motifs is 1. The number of para-hydroxylation sites is 1. The molecule has 0 saturated heterocycles. The summed E-state index contributed by atoms with van der Waals surface area (Å²) in [5, 5.41) is 14.8. The number of nitrogens with two attached hydrogens (primary N) is 1. The number of guanidine groups is 1. The molecule has 25 heavy (non-hydrogen) atoms. The molecule has 0 bridgehead atoms. The van der Waals surface area contributed by atoms with E-state index in [4.69, 9.17) is 20.7 Å². The maximum atomic E-state index is 9.06. The number of nitriles is 1. The van der Waals surface area contributed by atoms with Gasteiger partial charge in [-0.1, -0.05) is 18.2 Å². The van der Waals surface area contributed by atoms with Crippen LogP contribution in [0.3, 0.4) is 0 Å². The molecule has 0 fully saturated rings. The van der Waals surface area contributed by atoms with Crippen LogP contribution in [0, 0.1) is 11.5 Å². The molecule has 0 unspecified atom stereocenters. The van der Waals surface area contributed by atoms with Crippen LogP contribution in [0.25, 0.3) is 0 Å². The summed E-state index contributed by atoms with van der Waals surface area (Å²) in [6.07, 6.45) is 2.61. The zero-order valence-electron chi connectivity index (χ0n) is 14.3. The molecule has 128 valence electrons. The Morgan fingerprint density at radius 2 is 2.04 bits per heavy atom. The Kier molecular flexibility index (Phi) is 4.48. The van der Waals surface area contributed by atoms with Crippen molar-refractivity contribution in [3.8, 4) is 11.9 Å². The molecule has 3 rings (SSSR count). The van der Waals surface area contributed by atoms with E-state index in [1.807, 2.05) is 68.6 Å². The summed E-state index contributed by atoms with van der Waals surface area (Å²) < 4.78 is 6.03. The van der Waals surface area contributed by atoms with Crippen molar-refractivity contribution in [1.82, 2.24) is 5.32 Å². The van der Waals surface area contributed by atoms with E-state index in [-0.39, 0.29) is 11.6 Å². The average molecular weight is 335 g/mol. The van der Waals surface area contributed by atoms with Gasteiger partial charge in [0, 0.05) is 23.4 Å². The van der Waals surface area contributed by atoms with Gasteiger partial charge in [0.1, 0.15) is 11.4 Å². The molecule has 0 amide bonds. The third-order valence-corrected chi connectivity index (χ3v) is 3.96. The van der Waals surface area contributed by atoms with Gasteiger partial charge in [-0.2, -0.15) is 5.26 Å². The highest BCUT2D eigenvalue weighted by atomic mass is 16.5. The minimum atomic E-state index is -0.359. The predicted octanol–water partition coefficient (Wildman–Crippen LogP) is 3.41. The van der Waals surface area contributed by atoms with E-state index < -0.39 is 0 Å². The van der Waals surface area contributed by atoms with Gasteiger partial charge in [-0.05, 0) is 44.2 Å². The lowest BCUT2D eigenvalue weighted by molar-refractivity contribution is 0.0733. The number of rotatable bonds is 2. The van der Waals surface area contributed by atoms with Gasteiger partial charge < -0.3 is 15.8 Å². The van der Waals surface area contributed by atoms with E-state index in [2.05, 4.69) is 10.6 Å². The molecule has 0 aliphatic carbocycles. The van der Waals surface area contributed by atoms with Gasteiger partial charge in [-0.3, -0.25) is 5.32 Å². The quantitative estimate of drug-likeness (QED) is 0.257. The molecule has 1 atom stereocenters. The average Bonchev–Trinajstić information content (AvgIpc) is 2.56. The number of nitrogen functional groups attached to an aromatic ring is 1. The van der Waals surface area contributed by atoms with Crippen molar-refractivity contribution in [2.75, 3.05) is 11.1 Å². The Balaban J connectivity index is 1.96. The lowest BCUT2D eigenvalue weighted by Gasteiger charge is -2.36. The molecular formula is C19H21N5O. The van der Waals surface area contributed by atoms with Crippen molar-refractivity contribution in [2.45, 2.75) is 31.9 Å². The summed E-state index contributed by atoms with van der Waals surface area (Å²) in [5.41, 5.74) is 8.01. The molecule has 1 aliphatic heterocycles. The SMILES string of the molecule is CC1(C)C[C@@H](N=C(NC#N)Nc2ccccc2)c2cc(N)ccc2O1. The van der Waals surface area contributed by atoms with Crippen LogP contribution in [0.2, 0.25) is 0 Å². The fourth-order valence-corrected chi connectivity index (χ4v) is 2.91. The summed E-state index contributed by atoms with van der Waals surface area (Å²) >= 11 is 0. The first kappa shape index (κ1) is 16.7. The maximum absolute atomic E-state index is 9.06. The molecule has 6 nitrogen and oxygen atoms in total. The first-order valence-electron chi connectivity index (χ1n) is 8.10. The monoisotopic (exact) mass is 335 g/mol. The maximum Gasteiger partial charge on any atom is 0.209 e. The van der Waals surface area contributed by atoms with E-state index in [0.29, 0.717) is 18.1 Å². The van der Waals surface area contributed by atoms with E-state index in [0.717, 1.165) is 17.0 Å². The molecule has 0 saturated carbocycles. The number of ether oxygens (including phenoxy) is 1. The number of anilines is 2. The van der Waals surface area contributed by atoms with Gasteiger partial charge in [0.2, 0.25) is 5.96 Å². The first-order chi connectivity index (χ1) is 12.0. The molecule has 1 heterocycles. The molecule has 6 heteroatoms. The van der Waals surface area contributed by atoms with Gasteiger partial charge in [0.05, 0.1) is 6.04 Å². The molecule has 0 radical (unpaired) electrons. The zero-order chi connectivity index (χ0) is 17.9. The van der Waals surface area contributed by atoms with Crippen molar-refractivity contribution in [3.05, 3.63) is 54.1 Å². The third kappa shape index (κ3) is 4.01. The summed E-state index contributed by atoms with van der Waals surface area (Å²) in [5.74, 6) is 1.17. The number of aliphatic imine (C=N–C) groups is 1. The lowest BCUT2D eigenvalue weighted by atomic mass is 9.90. The van der Waals surface area contributed by atoms with Gasteiger partial charge in [-0.15, -0.1) is 0 Å². The Hall–Kier alpha value is -3.20. The van der Waals surface area contributed by atoms with Crippen molar-refractivity contribution in [2.24, 2.45) is 4.99 Å². The Morgan fingerprint density at radius 1 is 1.28 bits per heavy atom. The zero-order valence-corrected chi connectivity index (χ0v) is 14.3. The van der Waals surface area contributed by atoms with Crippen molar-refractivity contribution >= 4 is 17.3 Å². The largest absolute Gasteiger partial charge is 0.487 e. The smallest absolute Gasteiger partial charge is 0.209 e. The lowest BCUT2D eigenvalue weighted by Crippen LogP contribution is -2.36. The number of nitrogens with one attached hydrogen (secondary N) is 2. The molecule has 0 spiro atoms. The van der Waals surface area contributed by atoms with Gasteiger partial charge in [0.25, 0.3) is 0 Å². The van der Waals surface area contributed by atoms with Crippen LogP contribution in [-0.4, -0.2) is 11.6 Å². The second-order valence-corrected chi connectivity index (χ2v) is 6.58. The molecule has 4 N–H and O–H groups in total. The Morgan fingerprint density at radius 3 is 2.76 bits per heavy atom. The number of hydrogen-bond acceptors (Lipinski definition) is 4. The second kappa shape index (κ2) is 6.73. The first-order valence-corrected chi connectivity index (χ1v) is 8.10. The highest BCUT2D eigenvalue weighted by Gasteiger charge is 2.34. The van der Waals surface area contributed by atoms with Crippen LogP contribution in [0.1, 0.15) is 31.9 Å². The van der Waals surface area contributed by atoms with E-state index >= 15 is 0 Å². The van der Waals surface area contributed by atoms with Crippen LogP contribution in [0.15, 0.2) is 53.5 Å². The van der Waals surface area contributed by atoms with E-state index in [9.17, 15) is 0 Å². The van der Waals surface area contributed by atoms with Crippen molar-refractivity contribution in [3.63, 3.8) is 0 Å². The minimum absolute atomic E-state index is 0.172.